The van der Waals surface area contributed by atoms with Crippen LogP contribution in [0.3, 0.4) is 0 Å². The highest BCUT2D eigenvalue weighted by molar-refractivity contribution is 6.38. The molecule has 1 N–H and O–H groups in total. The molecule has 2 aromatic carbocycles. The van der Waals surface area contributed by atoms with Crippen molar-refractivity contribution in [2.24, 2.45) is 0 Å². The standard InChI is InChI=1S/C22H18ClFN4O/c1-13(15-6-4-3-5-7-15)26-22(29)18-12-25-21-19(20(18)23)14(2)27-28(21)17-10-8-16(24)9-11-17/h3-13H,1-2H3,(H,26,29)/t13-/m1/s1. The molecule has 5 nitrogen and oxygen atoms in total. The van der Waals surface area contributed by atoms with Crippen molar-refractivity contribution < 1.29 is 9.18 Å². The van der Waals surface area contributed by atoms with E-state index in [1.54, 1.807) is 23.7 Å². The van der Waals surface area contributed by atoms with Crippen molar-refractivity contribution in [3.05, 3.63) is 88.5 Å². The Labute approximate surface area is 172 Å². The molecule has 2 heterocycles. The van der Waals surface area contributed by atoms with Gasteiger partial charge in [0.25, 0.3) is 5.91 Å². The van der Waals surface area contributed by atoms with Crippen molar-refractivity contribution in [3.63, 3.8) is 0 Å². The Kier molecular flexibility index (Phi) is 5.03. The largest absolute Gasteiger partial charge is 0.345 e. The highest BCUT2D eigenvalue weighted by atomic mass is 35.5. The van der Waals surface area contributed by atoms with Gasteiger partial charge in [-0.2, -0.15) is 5.10 Å². The monoisotopic (exact) mass is 408 g/mol. The van der Waals surface area contributed by atoms with Gasteiger partial charge in [-0.05, 0) is 43.7 Å². The first-order valence-electron chi connectivity index (χ1n) is 9.11. The van der Waals surface area contributed by atoms with Crippen molar-refractivity contribution in [1.82, 2.24) is 20.1 Å². The lowest BCUT2D eigenvalue weighted by molar-refractivity contribution is 0.0940. The van der Waals surface area contributed by atoms with Gasteiger partial charge in [0.15, 0.2) is 5.65 Å². The first kappa shape index (κ1) is 19.1. The Bertz CT molecular complexity index is 1190. The zero-order valence-corrected chi connectivity index (χ0v) is 16.6. The van der Waals surface area contributed by atoms with Gasteiger partial charge in [0, 0.05) is 6.20 Å². The number of rotatable bonds is 4. The maximum Gasteiger partial charge on any atom is 0.254 e. The summed E-state index contributed by atoms with van der Waals surface area (Å²) in [5.41, 5.74) is 3.07. The van der Waals surface area contributed by atoms with Crippen LogP contribution < -0.4 is 5.32 Å². The van der Waals surface area contributed by atoms with Crippen molar-refractivity contribution in [3.8, 4) is 5.69 Å². The number of nitrogens with one attached hydrogen (secondary N) is 1. The number of aryl methyl sites for hydroxylation is 1. The summed E-state index contributed by atoms with van der Waals surface area (Å²) in [5.74, 6) is -0.644. The topological polar surface area (TPSA) is 59.8 Å². The van der Waals surface area contributed by atoms with Gasteiger partial charge in [0.1, 0.15) is 5.82 Å². The Morgan fingerprint density at radius 3 is 2.52 bits per heavy atom. The maximum atomic E-state index is 13.2. The lowest BCUT2D eigenvalue weighted by Gasteiger charge is -2.15. The number of hydrogen-bond acceptors (Lipinski definition) is 3. The summed E-state index contributed by atoms with van der Waals surface area (Å²) in [6, 6.07) is 15.4. The molecule has 0 aliphatic carbocycles. The average Bonchev–Trinajstić information content (AvgIpc) is 3.06. The van der Waals surface area contributed by atoms with Gasteiger partial charge in [-0.25, -0.2) is 14.1 Å². The van der Waals surface area contributed by atoms with Gasteiger partial charge in [-0.1, -0.05) is 41.9 Å². The Hall–Kier alpha value is -3.25. The van der Waals surface area contributed by atoms with Crippen molar-refractivity contribution in [2.75, 3.05) is 0 Å². The van der Waals surface area contributed by atoms with E-state index in [2.05, 4.69) is 15.4 Å². The van der Waals surface area contributed by atoms with E-state index in [1.807, 2.05) is 37.3 Å². The van der Waals surface area contributed by atoms with Crippen molar-refractivity contribution in [1.29, 1.82) is 0 Å². The number of fused-ring (bicyclic) bond motifs is 1. The number of benzene rings is 2. The minimum Gasteiger partial charge on any atom is -0.345 e. The Balaban J connectivity index is 1.70. The highest BCUT2D eigenvalue weighted by Gasteiger charge is 2.21. The predicted molar refractivity (Wildman–Crippen MR) is 111 cm³/mol. The van der Waals surface area contributed by atoms with Crippen molar-refractivity contribution in [2.45, 2.75) is 19.9 Å². The molecular formula is C22H18ClFN4O. The van der Waals surface area contributed by atoms with Crippen molar-refractivity contribution >= 4 is 28.5 Å². The fraction of sp³-hybridized carbons (Fsp3) is 0.136. The highest BCUT2D eigenvalue weighted by Crippen LogP contribution is 2.30. The van der Waals surface area contributed by atoms with Gasteiger partial charge >= 0.3 is 0 Å². The molecule has 4 rings (SSSR count). The van der Waals surface area contributed by atoms with Gasteiger partial charge in [0.2, 0.25) is 0 Å². The molecular weight excluding hydrogens is 391 g/mol. The number of amides is 1. The first-order chi connectivity index (χ1) is 14.0. The van der Waals surface area contributed by atoms with Crippen LogP contribution in [-0.2, 0) is 0 Å². The van der Waals surface area contributed by atoms with E-state index in [0.717, 1.165) is 5.56 Å². The SMILES string of the molecule is Cc1nn(-c2ccc(F)cc2)c2ncc(C(=O)N[C@H](C)c3ccccc3)c(Cl)c12. The molecule has 29 heavy (non-hydrogen) atoms. The third-order valence-electron chi connectivity index (χ3n) is 4.77. The molecule has 1 amide bonds. The van der Waals surface area contributed by atoms with Crippen LogP contribution in [0.1, 0.15) is 34.6 Å². The van der Waals surface area contributed by atoms with Gasteiger partial charge in [-0.15, -0.1) is 0 Å². The minimum absolute atomic E-state index is 0.182. The zero-order chi connectivity index (χ0) is 20.5. The van der Waals surface area contributed by atoms with E-state index in [-0.39, 0.29) is 23.3 Å². The molecule has 7 heteroatoms. The van der Waals surface area contributed by atoms with Crippen LogP contribution >= 0.6 is 11.6 Å². The number of hydrogen-bond donors (Lipinski definition) is 1. The molecule has 0 saturated carbocycles. The van der Waals surface area contributed by atoms with Crippen LogP contribution in [0.15, 0.2) is 60.8 Å². The fourth-order valence-corrected chi connectivity index (χ4v) is 3.58. The number of halogens is 2. The van der Waals surface area contributed by atoms with Crippen LogP contribution in [-0.4, -0.2) is 20.7 Å². The lowest BCUT2D eigenvalue weighted by atomic mass is 10.1. The summed E-state index contributed by atoms with van der Waals surface area (Å²) < 4.78 is 14.8. The second-order valence-electron chi connectivity index (χ2n) is 6.76. The summed E-state index contributed by atoms with van der Waals surface area (Å²) in [4.78, 5) is 17.2. The van der Waals surface area contributed by atoms with Gasteiger partial charge in [-0.3, -0.25) is 4.79 Å². The molecule has 0 saturated heterocycles. The number of pyridine rings is 1. The Morgan fingerprint density at radius 1 is 1.14 bits per heavy atom. The van der Waals surface area contributed by atoms with Crippen LogP contribution in [0.25, 0.3) is 16.7 Å². The van der Waals surface area contributed by atoms with Crippen LogP contribution in [0.4, 0.5) is 4.39 Å². The zero-order valence-electron chi connectivity index (χ0n) is 15.9. The molecule has 0 unspecified atom stereocenters. The van der Waals surface area contributed by atoms with Crippen LogP contribution in [0.2, 0.25) is 5.02 Å². The normalized spacial score (nSPS) is 12.1. The average molecular weight is 409 g/mol. The predicted octanol–water partition coefficient (Wildman–Crippen LogP) is 5.01. The van der Waals surface area contributed by atoms with Gasteiger partial charge < -0.3 is 5.32 Å². The maximum absolute atomic E-state index is 13.2. The Morgan fingerprint density at radius 2 is 1.83 bits per heavy atom. The minimum atomic E-state index is -0.334. The molecule has 2 aromatic heterocycles. The molecule has 1 atom stereocenters. The number of aromatic nitrogens is 3. The molecule has 0 bridgehead atoms. The molecule has 0 aliphatic heterocycles. The molecule has 0 spiro atoms. The van der Waals surface area contributed by atoms with E-state index in [1.165, 1.54) is 18.3 Å². The molecule has 0 aliphatic rings. The second-order valence-corrected chi connectivity index (χ2v) is 7.14. The summed E-state index contributed by atoms with van der Waals surface area (Å²) in [5, 5.41) is 8.31. The first-order valence-corrected chi connectivity index (χ1v) is 9.49. The number of carbonyl (C=O) groups excluding carboxylic acids is 1. The second kappa shape index (κ2) is 7.64. The lowest BCUT2D eigenvalue weighted by Crippen LogP contribution is -2.27. The third-order valence-corrected chi connectivity index (χ3v) is 5.16. The van der Waals surface area contributed by atoms with E-state index < -0.39 is 0 Å². The van der Waals surface area contributed by atoms with E-state index in [4.69, 9.17) is 11.6 Å². The molecule has 146 valence electrons. The smallest absolute Gasteiger partial charge is 0.254 e. The van der Waals surface area contributed by atoms with Gasteiger partial charge in [0.05, 0.1) is 33.4 Å². The summed E-state index contributed by atoms with van der Waals surface area (Å²) in [7, 11) is 0. The molecule has 0 fully saturated rings. The van der Waals surface area contributed by atoms with E-state index in [9.17, 15) is 9.18 Å². The molecule has 0 radical (unpaired) electrons. The summed E-state index contributed by atoms with van der Waals surface area (Å²) >= 11 is 6.58. The molecule has 4 aromatic rings. The van der Waals surface area contributed by atoms with Crippen LogP contribution in [0.5, 0.6) is 0 Å². The number of carbonyl (C=O) groups is 1. The van der Waals surface area contributed by atoms with E-state index >= 15 is 0 Å². The quantitative estimate of drug-likeness (QED) is 0.516. The summed E-state index contributed by atoms with van der Waals surface area (Å²) in [6.07, 6.45) is 1.44. The third kappa shape index (κ3) is 3.59. The van der Waals surface area contributed by atoms with Crippen LogP contribution in [0, 0.1) is 12.7 Å². The number of nitrogens with zero attached hydrogens (tertiary/aromatic N) is 3. The summed E-state index contributed by atoms with van der Waals surface area (Å²) in [6.45, 7) is 3.70. The van der Waals surface area contributed by atoms with E-state index in [0.29, 0.717) is 27.4 Å². The fourth-order valence-electron chi connectivity index (χ4n) is 3.23.